The van der Waals surface area contributed by atoms with Gasteiger partial charge in [-0.25, -0.2) is 9.18 Å². The van der Waals surface area contributed by atoms with E-state index in [1.165, 1.54) is 5.57 Å². The highest BCUT2D eigenvalue weighted by Gasteiger charge is 2.46. The monoisotopic (exact) mass is 454 g/mol. The summed E-state index contributed by atoms with van der Waals surface area (Å²) in [5, 5.41) is 9.87. The average Bonchev–Trinajstić information content (AvgIpc) is 2.99. The van der Waals surface area contributed by atoms with E-state index in [1.54, 1.807) is 30.3 Å². The molecule has 1 N–H and O–H groups in total. The number of carbonyl (C=O) groups is 2. The molecule has 3 rings (SSSR count). The second kappa shape index (κ2) is 10.6. The maximum absolute atomic E-state index is 14.4. The first-order valence-electron chi connectivity index (χ1n) is 9.76. The smallest absolute Gasteiger partial charge is 0.334 e. The van der Waals surface area contributed by atoms with Crippen molar-refractivity contribution in [2.45, 2.75) is 49.1 Å². The predicted molar refractivity (Wildman–Crippen MR) is 114 cm³/mol. The van der Waals surface area contributed by atoms with Crippen LogP contribution in [0.4, 0.5) is 4.39 Å². The number of alkyl halides is 1. The largest absolute Gasteiger partial charge is 0.454 e. The van der Waals surface area contributed by atoms with E-state index in [0.717, 1.165) is 18.2 Å². The van der Waals surface area contributed by atoms with E-state index in [4.69, 9.17) is 21.1 Å². The summed E-state index contributed by atoms with van der Waals surface area (Å²) in [6, 6.07) is 6.58. The molecule has 1 heterocycles. The van der Waals surface area contributed by atoms with Crippen molar-refractivity contribution in [2.75, 3.05) is 13.2 Å². The summed E-state index contributed by atoms with van der Waals surface area (Å²) in [6.45, 7) is 2.18. The lowest BCUT2D eigenvalue weighted by atomic mass is 9.99. The van der Waals surface area contributed by atoms with Crippen LogP contribution in [0.5, 0.6) is 0 Å². The Morgan fingerprint density at radius 1 is 1.23 bits per heavy atom. The Hall–Kier alpha value is -1.67. The SMILES string of the molecule is CC1=CC=C(C(=O)O[C@@H]2[C@@H](COCCC(=O)c3ccc(Cl)cc3)SC(O)[C@@H]2F)CC1. The van der Waals surface area contributed by atoms with Crippen LogP contribution in [-0.4, -0.2) is 53.0 Å². The summed E-state index contributed by atoms with van der Waals surface area (Å²) in [5.74, 6) is -0.659. The number of hydrogen-bond donors (Lipinski definition) is 1. The van der Waals surface area contributed by atoms with Gasteiger partial charge in [-0.1, -0.05) is 29.3 Å². The highest BCUT2D eigenvalue weighted by Crippen LogP contribution is 2.37. The maximum Gasteiger partial charge on any atom is 0.334 e. The van der Waals surface area contributed by atoms with E-state index < -0.39 is 28.9 Å². The first-order valence-corrected chi connectivity index (χ1v) is 11.1. The van der Waals surface area contributed by atoms with Crippen LogP contribution in [0.15, 0.2) is 47.6 Å². The highest BCUT2D eigenvalue weighted by molar-refractivity contribution is 8.00. The number of carbonyl (C=O) groups excluding carboxylic acids is 2. The molecule has 0 radical (unpaired) electrons. The molecule has 1 aliphatic heterocycles. The van der Waals surface area contributed by atoms with Crippen molar-refractivity contribution in [2.24, 2.45) is 0 Å². The minimum atomic E-state index is -1.69. The molecule has 1 fully saturated rings. The van der Waals surface area contributed by atoms with Crippen molar-refractivity contribution in [1.82, 2.24) is 0 Å². The summed E-state index contributed by atoms with van der Waals surface area (Å²) in [7, 11) is 0. The van der Waals surface area contributed by atoms with Gasteiger partial charge in [-0.2, -0.15) is 0 Å². The zero-order chi connectivity index (χ0) is 21.7. The number of esters is 1. The van der Waals surface area contributed by atoms with Crippen LogP contribution in [-0.2, 0) is 14.3 Å². The van der Waals surface area contributed by atoms with Gasteiger partial charge in [-0.05, 0) is 44.0 Å². The Balaban J connectivity index is 1.49. The zero-order valence-electron chi connectivity index (χ0n) is 16.6. The van der Waals surface area contributed by atoms with Gasteiger partial charge >= 0.3 is 5.97 Å². The first kappa shape index (κ1) is 23.0. The number of ketones is 1. The lowest BCUT2D eigenvalue weighted by Gasteiger charge is -2.22. The Morgan fingerprint density at radius 3 is 2.63 bits per heavy atom. The number of ether oxygens (including phenoxy) is 2. The van der Waals surface area contributed by atoms with Gasteiger partial charge in [0.2, 0.25) is 0 Å². The van der Waals surface area contributed by atoms with Crippen LogP contribution >= 0.6 is 23.4 Å². The number of allylic oxidation sites excluding steroid dienone is 3. The van der Waals surface area contributed by atoms with E-state index in [1.807, 2.05) is 13.0 Å². The van der Waals surface area contributed by atoms with E-state index in [2.05, 4.69) is 0 Å². The molecule has 8 heteroatoms. The molecule has 2 aliphatic rings. The number of thioether (sulfide) groups is 1. The fourth-order valence-electron chi connectivity index (χ4n) is 3.23. The topological polar surface area (TPSA) is 72.8 Å². The highest BCUT2D eigenvalue weighted by atomic mass is 35.5. The van der Waals surface area contributed by atoms with Gasteiger partial charge in [-0.3, -0.25) is 4.79 Å². The average molecular weight is 455 g/mol. The maximum atomic E-state index is 14.4. The predicted octanol–water partition coefficient (Wildman–Crippen LogP) is 4.28. The second-order valence-corrected chi connectivity index (χ2v) is 9.14. The third kappa shape index (κ3) is 5.94. The van der Waals surface area contributed by atoms with Gasteiger partial charge in [0, 0.05) is 22.6 Å². The molecule has 0 aromatic heterocycles. The van der Waals surface area contributed by atoms with E-state index >= 15 is 0 Å². The number of aliphatic hydroxyl groups excluding tert-OH is 1. The summed E-state index contributed by atoms with van der Waals surface area (Å²) in [4.78, 5) is 24.5. The molecule has 1 aromatic carbocycles. The van der Waals surface area contributed by atoms with E-state index in [9.17, 15) is 19.1 Å². The minimum absolute atomic E-state index is 0.0616. The number of hydrogen-bond acceptors (Lipinski definition) is 6. The Morgan fingerprint density at radius 2 is 1.97 bits per heavy atom. The quantitative estimate of drug-likeness (QED) is 0.359. The normalized spacial score (nSPS) is 26.1. The molecule has 30 heavy (non-hydrogen) atoms. The van der Waals surface area contributed by atoms with Crippen molar-refractivity contribution in [3.05, 3.63) is 58.1 Å². The summed E-state index contributed by atoms with van der Waals surface area (Å²) in [5.41, 5.74) is 0.914. The van der Waals surface area contributed by atoms with Gasteiger partial charge in [0.05, 0.1) is 18.5 Å². The zero-order valence-corrected chi connectivity index (χ0v) is 18.1. The number of rotatable bonds is 8. The van der Waals surface area contributed by atoms with Crippen molar-refractivity contribution >= 4 is 35.1 Å². The lowest BCUT2D eigenvalue weighted by molar-refractivity contribution is -0.149. The van der Waals surface area contributed by atoms with Gasteiger partial charge in [0.1, 0.15) is 5.44 Å². The number of aliphatic hydroxyl groups is 1. The Labute approximate surface area is 184 Å². The van der Waals surface area contributed by atoms with Gasteiger partial charge < -0.3 is 14.6 Å². The van der Waals surface area contributed by atoms with Gasteiger partial charge in [-0.15, -0.1) is 11.8 Å². The number of halogens is 2. The van der Waals surface area contributed by atoms with E-state index in [-0.39, 0.29) is 25.4 Å². The molecule has 0 spiro atoms. The third-order valence-corrected chi connectivity index (χ3v) is 6.60. The fourth-order valence-corrected chi connectivity index (χ4v) is 4.55. The molecule has 1 saturated heterocycles. The molecule has 162 valence electrons. The molecule has 1 aromatic rings. The van der Waals surface area contributed by atoms with Crippen LogP contribution in [0.3, 0.4) is 0 Å². The summed E-state index contributed by atoms with van der Waals surface area (Å²) in [6.07, 6.45) is 2.22. The van der Waals surface area contributed by atoms with Crippen molar-refractivity contribution < 1.29 is 28.6 Å². The molecule has 1 aliphatic carbocycles. The molecule has 0 amide bonds. The number of Topliss-reactive ketones (excluding diaryl/α,β-unsaturated/α-hetero) is 1. The molecular formula is C22H24ClFO5S. The minimum Gasteiger partial charge on any atom is -0.454 e. The van der Waals surface area contributed by atoms with Crippen molar-refractivity contribution in [3.8, 4) is 0 Å². The number of benzene rings is 1. The third-order valence-electron chi connectivity index (χ3n) is 5.05. The van der Waals surface area contributed by atoms with Crippen LogP contribution in [0.25, 0.3) is 0 Å². The van der Waals surface area contributed by atoms with Gasteiger partial charge in [0.15, 0.2) is 18.1 Å². The van der Waals surface area contributed by atoms with Gasteiger partial charge in [0.25, 0.3) is 0 Å². The Bertz CT molecular complexity index is 838. The fraction of sp³-hybridized carbons (Fsp3) is 0.455. The van der Waals surface area contributed by atoms with Crippen molar-refractivity contribution in [1.29, 1.82) is 0 Å². The molecule has 5 nitrogen and oxygen atoms in total. The molecule has 0 bridgehead atoms. The van der Waals surface area contributed by atoms with Crippen molar-refractivity contribution in [3.63, 3.8) is 0 Å². The molecule has 1 unspecified atom stereocenters. The Kier molecular flexibility index (Phi) is 8.11. The summed E-state index contributed by atoms with van der Waals surface area (Å²) >= 11 is 6.79. The van der Waals surface area contributed by atoms with Crippen LogP contribution in [0.1, 0.15) is 36.5 Å². The van der Waals surface area contributed by atoms with Crippen LogP contribution < -0.4 is 0 Å². The first-order chi connectivity index (χ1) is 14.3. The molecule has 4 atom stereocenters. The van der Waals surface area contributed by atoms with Crippen LogP contribution in [0, 0.1) is 0 Å². The summed E-state index contributed by atoms with van der Waals surface area (Å²) < 4.78 is 25.3. The molecule has 0 saturated carbocycles. The van der Waals surface area contributed by atoms with Crippen LogP contribution in [0.2, 0.25) is 5.02 Å². The second-order valence-electron chi connectivity index (χ2n) is 7.34. The molecular weight excluding hydrogens is 431 g/mol. The lowest BCUT2D eigenvalue weighted by Crippen LogP contribution is -2.36. The standard InChI is InChI=1S/C22H24ClFO5S/c1-13-2-4-15(5-3-13)21(26)29-20-18(30-22(27)19(20)24)12-28-11-10-17(25)14-6-8-16(23)9-7-14/h2,4,6-9,18-20,22,27H,3,5,10-12H2,1H3/t18-,19-,20-,22?/m1/s1. The van der Waals surface area contributed by atoms with E-state index in [0.29, 0.717) is 22.6 Å².